The van der Waals surface area contributed by atoms with E-state index >= 15 is 0 Å². The predicted molar refractivity (Wildman–Crippen MR) is 426 cm³/mol. The van der Waals surface area contributed by atoms with Crippen molar-refractivity contribution in [3.8, 4) is 56.4 Å². The van der Waals surface area contributed by atoms with Crippen molar-refractivity contribution in [3.63, 3.8) is 0 Å². The Morgan fingerprint density at radius 1 is 0.445 bits per heavy atom. The van der Waals surface area contributed by atoms with Gasteiger partial charge in [-0.25, -0.2) is 76.5 Å². The summed E-state index contributed by atoms with van der Waals surface area (Å²) >= 11 is 0. The molecular formula is C68H64N14O40P6. The Morgan fingerprint density at radius 2 is 0.844 bits per heavy atom. The van der Waals surface area contributed by atoms with Gasteiger partial charge in [-0.3, -0.25) is 37.4 Å². The first-order valence-electron chi connectivity index (χ1n) is 35.9. The highest BCUT2D eigenvalue weighted by Crippen LogP contribution is 2.68. The number of phenols is 2. The molecule has 4 unspecified atom stereocenters. The van der Waals surface area contributed by atoms with Crippen molar-refractivity contribution in [2.24, 2.45) is 0 Å². The number of hydrogen-bond acceptors (Lipinski definition) is 38. The number of aliphatic hydroxyl groups is 2. The third-order valence-corrected chi connectivity index (χ3v) is 25.9. The average molecular weight is 1900 g/mol. The number of ether oxygens (including phenoxy) is 4. The molecule has 676 valence electrons. The van der Waals surface area contributed by atoms with Crippen LogP contribution in [-0.4, -0.2) is 221 Å². The van der Waals surface area contributed by atoms with E-state index in [2.05, 4.69) is 77.5 Å². The zero-order valence-corrected chi connectivity index (χ0v) is 69.2. The number of alkyl carbamates (subject to hydrolysis) is 2. The van der Waals surface area contributed by atoms with Gasteiger partial charge >= 0.3 is 71.1 Å². The average Bonchev–Trinajstić information content (AvgIpc) is 1.10. The van der Waals surface area contributed by atoms with E-state index in [1.165, 1.54) is 97.1 Å². The van der Waals surface area contributed by atoms with Crippen molar-refractivity contribution in [1.29, 1.82) is 0 Å². The number of phenolic OH excluding ortho intramolecular Hbond substituents is 2. The van der Waals surface area contributed by atoms with Gasteiger partial charge in [0.1, 0.15) is 82.3 Å². The number of phosphoric acid groups is 6. The lowest BCUT2D eigenvalue weighted by molar-refractivity contribution is -0.0522. The molecule has 2 aliphatic carbocycles. The Hall–Kier alpha value is -12.4. The third-order valence-electron chi connectivity index (χ3n) is 18.3. The lowest BCUT2D eigenvalue weighted by atomic mass is 9.90. The number of hydrogen-bond donors (Lipinski definition) is 20. The van der Waals surface area contributed by atoms with Crippen LogP contribution in [0.4, 0.5) is 21.2 Å². The molecule has 4 aliphatic heterocycles. The molecule has 4 aromatic carbocycles. The molecule has 8 heterocycles. The van der Waals surface area contributed by atoms with Crippen molar-refractivity contribution in [2.45, 2.75) is 49.1 Å². The molecule has 2 saturated heterocycles. The number of amides is 4. The van der Waals surface area contributed by atoms with Gasteiger partial charge < -0.3 is 130 Å². The highest BCUT2D eigenvalue weighted by Gasteiger charge is 2.52. The molecule has 4 amide bonds. The first kappa shape index (κ1) is 93.3. The number of aliphatic hydroxyl groups excluding tert-OH is 2. The molecule has 0 bridgehead atoms. The number of phosphoric ester groups is 2. The first-order valence-corrected chi connectivity index (χ1v) is 44.9. The molecule has 0 radical (unpaired) electrons. The Balaban J connectivity index is 0.000000219. The van der Waals surface area contributed by atoms with Crippen molar-refractivity contribution in [3.05, 3.63) is 177 Å². The Morgan fingerprint density at radius 3 is 1.27 bits per heavy atom. The minimum atomic E-state index is -5.91. The zero-order chi connectivity index (χ0) is 92.6. The maximum atomic E-state index is 13.2. The number of carboxylic acid groups (broad SMARTS) is 2. The summed E-state index contributed by atoms with van der Waals surface area (Å²) in [6.07, 6.45) is -11.8. The van der Waals surface area contributed by atoms with E-state index in [0.29, 0.717) is 33.0 Å². The number of carboxylic acids is 2. The van der Waals surface area contributed by atoms with Crippen LogP contribution in [0.25, 0.3) is 89.2 Å². The molecule has 60 heteroatoms. The van der Waals surface area contributed by atoms with Gasteiger partial charge in [0.05, 0.1) is 37.0 Å². The molecule has 22 N–H and O–H groups in total. The molecular weight excluding hydrogens is 1840 g/mol. The second kappa shape index (κ2) is 37.1. The van der Waals surface area contributed by atoms with Gasteiger partial charge in [-0.15, -0.1) is 0 Å². The van der Waals surface area contributed by atoms with E-state index in [0.717, 1.165) is 46.6 Å². The quantitative estimate of drug-likeness (QED) is 0.0174. The number of imidazole rings is 2. The second-order valence-electron chi connectivity index (χ2n) is 26.9. The number of carbonyl (C=O) groups excluding carboxylic acids is 4. The number of nitrogen functional groups attached to an aromatic ring is 2. The van der Waals surface area contributed by atoms with Crippen molar-refractivity contribution in [2.75, 3.05) is 50.9 Å². The van der Waals surface area contributed by atoms with Crippen LogP contribution in [0.2, 0.25) is 0 Å². The van der Waals surface area contributed by atoms with Crippen LogP contribution < -0.4 is 43.6 Å². The predicted octanol–water partition coefficient (Wildman–Crippen LogP) is 3.63. The lowest BCUT2D eigenvalue weighted by Crippen LogP contribution is -2.42. The van der Waals surface area contributed by atoms with Crippen LogP contribution >= 0.6 is 46.9 Å². The molecule has 128 heavy (non-hydrogen) atoms. The molecule has 0 spiro atoms. The maximum absolute atomic E-state index is 13.2. The molecule has 4 aromatic heterocycles. The zero-order valence-electron chi connectivity index (χ0n) is 63.9. The van der Waals surface area contributed by atoms with Crippen LogP contribution in [0.15, 0.2) is 153 Å². The van der Waals surface area contributed by atoms with Crippen molar-refractivity contribution < 1.29 is 180 Å². The number of aromatic carboxylic acids is 2. The number of anilines is 2. The number of carbonyl (C=O) groups is 6. The summed E-state index contributed by atoms with van der Waals surface area (Å²) in [7, 11) is -34.6. The summed E-state index contributed by atoms with van der Waals surface area (Å²) in [5.74, 6) is -4.52. The monoisotopic (exact) mass is 1900 g/mol. The number of aromatic nitrogens is 8. The minimum absolute atomic E-state index is 0.00755. The second-order valence-corrected chi connectivity index (χ2v) is 35.8. The van der Waals surface area contributed by atoms with Gasteiger partial charge in [0.15, 0.2) is 58.5 Å². The topological polar surface area (TPSA) is 828 Å². The van der Waals surface area contributed by atoms with Crippen LogP contribution in [0.3, 0.4) is 0 Å². The van der Waals surface area contributed by atoms with Crippen LogP contribution in [0.1, 0.15) is 53.9 Å². The SMILES string of the molecule is Nc1ncnc2c1ncn2[C@@H]1O[C@H](COP(=O)(O)OP(=O)(O)OP(=O)(O)O)[C@@H](O)[C@H]1OC(=O)NCCNC(=O)c1ccc(-c2c3ccc(=O)cc-3oc3cc(O)ccc23)c(C(=O)O)c1.Nc1ncnc2c1ncn2[C@@H]1O[C@H](COP(=O)(O)OP(=O)(O)OP(=O)(O)O)[C@@H](OC(=O)NCCNC(=O)c2ccc(-c3c4ccc(=O)cc-4oc4cc(O)ccc34)c(C(=O)O)c2)[C@H]1O. The van der Waals surface area contributed by atoms with E-state index < -0.39 is 145 Å². The van der Waals surface area contributed by atoms with E-state index in [4.69, 9.17) is 58.8 Å². The van der Waals surface area contributed by atoms with E-state index in [1.54, 1.807) is 0 Å². The number of fused-ring (bicyclic) bond motifs is 6. The lowest BCUT2D eigenvalue weighted by Gasteiger charge is -2.22. The maximum Gasteiger partial charge on any atom is 0.490 e. The first-order chi connectivity index (χ1) is 60.2. The normalized spacial score (nSPS) is 19.6. The van der Waals surface area contributed by atoms with Crippen molar-refractivity contribution >= 4 is 139 Å². The molecule has 0 saturated carbocycles. The minimum Gasteiger partial charge on any atom is -0.508 e. The number of nitrogens with one attached hydrogen (secondary N) is 4. The number of rotatable bonds is 30. The Bertz CT molecular complexity index is 6790. The highest BCUT2D eigenvalue weighted by atomic mass is 31.3. The Labute approximate surface area is 709 Å². The van der Waals surface area contributed by atoms with E-state index in [9.17, 15) is 116 Å². The highest BCUT2D eigenvalue weighted by molar-refractivity contribution is 7.67. The van der Waals surface area contributed by atoms with E-state index in [-0.39, 0.29) is 139 Å². The fourth-order valence-electron chi connectivity index (χ4n) is 13.2. The molecule has 14 rings (SSSR count). The van der Waals surface area contributed by atoms with Gasteiger partial charge in [0, 0.05) is 94.6 Å². The largest absolute Gasteiger partial charge is 0.508 e. The van der Waals surface area contributed by atoms with Crippen LogP contribution in [0, 0.1) is 0 Å². The Kier molecular flexibility index (Phi) is 27.1. The molecule has 8 aromatic rings. The summed E-state index contributed by atoms with van der Waals surface area (Å²) in [5.41, 5.74) is 12.4. The van der Waals surface area contributed by atoms with Gasteiger partial charge in [-0.05, 0) is 83.9 Å². The molecule has 2 fully saturated rings. The number of aromatic hydroxyl groups is 2. The van der Waals surface area contributed by atoms with Gasteiger partial charge in [0.25, 0.3) is 11.8 Å². The van der Waals surface area contributed by atoms with Crippen LogP contribution in [-0.2, 0) is 72.6 Å². The fraction of sp³-hybridized carbons (Fsp3) is 0.206. The van der Waals surface area contributed by atoms with Crippen LogP contribution in [0.5, 0.6) is 11.5 Å². The summed E-state index contributed by atoms with van der Waals surface area (Å²) in [4.78, 5) is 200. The van der Waals surface area contributed by atoms with E-state index in [1.807, 2.05) is 0 Å². The summed E-state index contributed by atoms with van der Waals surface area (Å²) < 4.78 is 131. The van der Waals surface area contributed by atoms with Gasteiger partial charge in [0.2, 0.25) is 0 Å². The smallest absolute Gasteiger partial charge is 0.490 e. The summed E-state index contributed by atoms with van der Waals surface area (Å²) in [6, 6.07) is 24.0. The van der Waals surface area contributed by atoms with Gasteiger partial charge in [-0.1, -0.05) is 12.1 Å². The molecule has 54 nitrogen and oxygen atoms in total. The van der Waals surface area contributed by atoms with Gasteiger partial charge in [-0.2, -0.15) is 17.2 Å². The van der Waals surface area contributed by atoms with Crippen molar-refractivity contribution in [1.82, 2.24) is 60.3 Å². The molecule has 6 aliphatic rings. The fourth-order valence-corrected chi connectivity index (χ4v) is 19.2. The number of nitrogens with two attached hydrogens (primary N) is 2. The number of nitrogens with zero attached hydrogens (tertiary/aromatic N) is 8. The summed E-state index contributed by atoms with van der Waals surface area (Å²) in [5, 5.41) is 73.5. The summed E-state index contributed by atoms with van der Waals surface area (Å²) in [6.45, 7) is -3.47. The standard InChI is InChI=1S/2C34H32N7O20P3/c35-29-26-30(39-13-38-29)41(14-40-26)32-27(44)28(24(58-32)12-56-63(52,53)61-64(54,55)60-62(49,50)51)59-34(48)37-8-7-36-31(45)15-1-4-18(21(9-15)33(46)47)25-19-5-2-16(42)10-22(19)57-23-11-17(43)3-6-20(23)25;35-29-26-30(39-13-38-29)41(14-40-26)32-28(27(44)24(58-32)12-56-63(52,53)61-64(54,55)60-62(49,50)51)59-34(48)37-8-7-36-31(45)15-1-4-18(21(9-15)33(46)47)25-19-5-2-16(42)10-22(19)57-23-11-17(43)3-6-20(23)25/h2*1-6,9-11,13-14,24,27-28,32,42,44H,7-8,12H2,(H,36,45)(H,37,48)(H,46,47)(H,52,53)(H,54,55)(H2,35,38,39)(H2,49,50,51)/t2*24-,27-,28-,32-/m11/s1. The third kappa shape index (κ3) is 21.7. The number of benzene rings is 6. The molecule has 12 atom stereocenters.